The number of hydrogen-bond acceptors (Lipinski definition) is 0. The second kappa shape index (κ2) is 4.25. The Bertz CT molecular complexity index is 359. The molecule has 4 aliphatic carbocycles. The first-order valence-corrected chi connectivity index (χ1v) is 9.13. The van der Waals surface area contributed by atoms with Crippen LogP contribution in [0.2, 0.25) is 0 Å². The van der Waals surface area contributed by atoms with E-state index in [4.69, 9.17) is 0 Å². The summed E-state index contributed by atoms with van der Waals surface area (Å²) in [6.07, 6.45) is 17.1. The molecular formula is C19H32. The summed E-state index contributed by atoms with van der Waals surface area (Å²) in [4.78, 5) is 0. The molecule has 6 unspecified atom stereocenters. The molecule has 0 aromatic carbocycles. The van der Waals surface area contributed by atoms with Gasteiger partial charge in [-0.3, -0.25) is 0 Å². The van der Waals surface area contributed by atoms with Crippen molar-refractivity contribution in [2.75, 3.05) is 0 Å². The molecule has 6 atom stereocenters. The van der Waals surface area contributed by atoms with Crippen LogP contribution in [0.3, 0.4) is 0 Å². The van der Waals surface area contributed by atoms with Gasteiger partial charge in [-0.15, -0.1) is 0 Å². The molecule has 0 nitrogen and oxygen atoms in total. The van der Waals surface area contributed by atoms with Crippen LogP contribution < -0.4 is 0 Å². The maximum atomic E-state index is 2.70. The third kappa shape index (κ3) is 1.70. The largest absolute Gasteiger partial charge is 0.0594 e. The number of hydrogen-bond donors (Lipinski definition) is 0. The lowest BCUT2D eigenvalue weighted by Crippen LogP contribution is -2.51. The van der Waals surface area contributed by atoms with Gasteiger partial charge in [-0.25, -0.2) is 0 Å². The molecule has 0 N–H and O–H groups in total. The topological polar surface area (TPSA) is 0 Å². The molecular weight excluding hydrogens is 228 g/mol. The minimum absolute atomic E-state index is 0.741. The van der Waals surface area contributed by atoms with Crippen LogP contribution in [0.25, 0.3) is 0 Å². The van der Waals surface area contributed by atoms with Crippen LogP contribution in [0.5, 0.6) is 0 Å². The summed E-state index contributed by atoms with van der Waals surface area (Å²) in [5.41, 5.74) is 1.49. The molecule has 0 heterocycles. The average Bonchev–Trinajstić information content (AvgIpc) is 2.79. The van der Waals surface area contributed by atoms with E-state index in [0.717, 1.165) is 34.5 Å². The van der Waals surface area contributed by atoms with E-state index in [9.17, 15) is 0 Å². The van der Waals surface area contributed by atoms with Crippen molar-refractivity contribution in [2.45, 2.75) is 84.5 Å². The molecule has 108 valence electrons. The van der Waals surface area contributed by atoms with Crippen molar-refractivity contribution in [3.05, 3.63) is 0 Å². The fraction of sp³-hybridized carbons (Fsp3) is 1.00. The second-order valence-corrected chi connectivity index (χ2v) is 8.99. The highest BCUT2D eigenvalue weighted by Gasteiger charge is 2.56. The van der Waals surface area contributed by atoms with Gasteiger partial charge in [0.05, 0.1) is 0 Å². The van der Waals surface area contributed by atoms with Crippen molar-refractivity contribution in [2.24, 2.45) is 34.5 Å². The summed E-state index contributed by atoms with van der Waals surface area (Å²) < 4.78 is 0. The van der Waals surface area contributed by atoms with Gasteiger partial charge in [0.25, 0.3) is 0 Å². The molecule has 0 aliphatic heterocycles. The fourth-order valence-electron chi connectivity index (χ4n) is 7.29. The summed E-state index contributed by atoms with van der Waals surface area (Å²) in [6, 6.07) is 0. The van der Waals surface area contributed by atoms with E-state index in [0.29, 0.717) is 0 Å². The highest BCUT2D eigenvalue weighted by Crippen LogP contribution is 2.66. The molecule has 0 radical (unpaired) electrons. The van der Waals surface area contributed by atoms with Crippen molar-refractivity contribution < 1.29 is 0 Å². The van der Waals surface area contributed by atoms with Gasteiger partial charge in [0.2, 0.25) is 0 Å². The van der Waals surface area contributed by atoms with Gasteiger partial charge in [0, 0.05) is 0 Å². The van der Waals surface area contributed by atoms with E-state index in [1.807, 2.05) is 0 Å². The molecule has 0 bridgehead atoms. The highest BCUT2D eigenvalue weighted by molar-refractivity contribution is 5.06. The fourth-order valence-corrected chi connectivity index (χ4v) is 7.29. The smallest absolute Gasteiger partial charge is 0.0266 e. The van der Waals surface area contributed by atoms with Crippen LogP contribution in [-0.4, -0.2) is 0 Å². The normalized spacial score (nSPS) is 57.2. The Morgan fingerprint density at radius 3 is 2.47 bits per heavy atom. The summed E-state index contributed by atoms with van der Waals surface area (Å²) in [5, 5.41) is 0. The molecule has 19 heavy (non-hydrogen) atoms. The third-order valence-electron chi connectivity index (χ3n) is 8.36. The van der Waals surface area contributed by atoms with Gasteiger partial charge in [-0.2, -0.15) is 0 Å². The van der Waals surface area contributed by atoms with Crippen LogP contribution in [0.1, 0.15) is 84.5 Å². The quantitative estimate of drug-likeness (QED) is 0.515. The molecule has 0 amide bonds. The van der Waals surface area contributed by atoms with Gasteiger partial charge < -0.3 is 0 Å². The van der Waals surface area contributed by atoms with Crippen molar-refractivity contribution >= 4 is 0 Å². The van der Waals surface area contributed by atoms with Crippen molar-refractivity contribution in [3.63, 3.8) is 0 Å². The number of fused-ring (bicyclic) bond motifs is 5. The Morgan fingerprint density at radius 1 is 0.684 bits per heavy atom. The second-order valence-electron chi connectivity index (χ2n) is 8.99. The first-order chi connectivity index (χ1) is 9.13. The summed E-state index contributed by atoms with van der Waals surface area (Å²) >= 11 is 0. The monoisotopic (exact) mass is 260 g/mol. The first-order valence-electron chi connectivity index (χ1n) is 9.13. The maximum absolute atomic E-state index is 2.70. The SMILES string of the molecule is CC12CCCC1C1CCC3CCCCC3(C)C1CC2. The molecule has 4 saturated carbocycles. The predicted octanol–water partition coefficient (Wildman–Crippen LogP) is 5.81. The van der Waals surface area contributed by atoms with Gasteiger partial charge in [-0.05, 0) is 85.9 Å². The molecule has 4 fully saturated rings. The van der Waals surface area contributed by atoms with Gasteiger partial charge >= 0.3 is 0 Å². The average molecular weight is 260 g/mol. The standard InChI is InChI=1S/C19H32/c1-18-11-5-7-16(18)15-9-8-14-6-3-4-12-19(14,2)17(15)10-13-18/h14-17H,3-13H2,1-2H3. The lowest BCUT2D eigenvalue weighted by Gasteiger charge is -2.60. The van der Waals surface area contributed by atoms with Crippen molar-refractivity contribution in [1.82, 2.24) is 0 Å². The Labute approximate surface area is 119 Å². The zero-order chi connectivity index (χ0) is 13.1. The molecule has 0 spiro atoms. The summed E-state index contributed by atoms with van der Waals surface area (Å²) in [6.45, 7) is 5.33. The van der Waals surface area contributed by atoms with Crippen molar-refractivity contribution in [1.29, 1.82) is 0 Å². The predicted molar refractivity (Wildman–Crippen MR) is 81.0 cm³/mol. The first kappa shape index (κ1) is 12.7. The Morgan fingerprint density at radius 2 is 1.58 bits per heavy atom. The molecule has 0 saturated heterocycles. The van der Waals surface area contributed by atoms with Gasteiger partial charge in [0.1, 0.15) is 0 Å². The van der Waals surface area contributed by atoms with Gasteiger partial charge in [-0.1, -0.05) is 33.1 Å². The van der Waals surface area contributed by atoms with Crippen LogP contribution >= 0.6 is 0 Å². The molecule has 0 aromatic rings. The summed E-state index contributed by atoms with van der Waals surface area (Å²) in [5.74, 6) is 4.41. The summed E-state index contributed by atoms with van der Waals surface area (Å²) in [7, 11) is 0. The highest BCUT2D eigenvalue weighted by atomic mass is 14.6. The number of rotatable bonds is 0. The van der Waals surface area contributed by atoms with E-state index in [2.05, 4.69) is 13.8 Å². The van der Waals surface area contributed by atoms with E-state index in [1.54, 1.807) is 51.4 Å². The van der Waals surface area contributed by atoms with Gasteiger partial charge in [0.15, 0.2) is 0 Å². The molecule has 4 rings (SSSR count). The van der Waals surface area contributed by atoms with E-state index in [1.165, 1.54) is 19.3 Å². The Balaban J connectivity index is 1.64. The molecule has 0 aromatic heterocycles. The minimum Gasteiger partial charge on any atom is -0.0594 e. The zero-order valence-corrected chi connectivity index (χ0v) is 13.1. The molecule has 0 heteroatoms. The van der Waals surface area contributed by atoms with Crippen LogP contribution in [-0.2, 0) is 0 Å². The van der Waals surface area contributed by atoms with E-state index < -0.39 is 0 Å². The third-order valence-corrected chi connectivity index (χ3v) is 8.36. The Hall–Kier alpha value is 0. The van der Waals surface area contributed by atoms with Crippen LogP contribution in [0, 0.1) is 34.5 Å². The van der Waals surface area contributed by atoms with Crippen LogP contribution in [0.15, 0.2) is 0 Å². The van der Waals surface area contributed by atoms with E-state index >= 15 is 0 Å². The van der Waals surface area contributed by atoms with E-state index in [-0.39, 0.29) is 0 Å². The van der Waals surface area contributed by atoms with Crippen LogP contribution in [0.4, 0.5) is 0 Å². The van der Waals surface area contributed by atoms with Crippen molar-refractivity contribution in [3.8, 4) is 0 Å². The molecule has 4 aliphatic rings. The lowest BCUT2D eigenvalue weighted by atomic mass is 9.45. The minimum atomic E-state index is 0.741. The Kier molecular flexibility index (Phi) is 2.84. The zero-order valence-electron chi connectivity index (χ0n) is 13.1. The maximum Gasteiger partial charge on any atom is -0.0266 e. The lowest BCUT2D eigenvalue weighted by molar-refractivity contribution is -0.103.